The van der Waals surface area contributed by atoms with Crippen molar-refractivity contribution in [2.45, 2.75) is 17.6 Å². The molecular formula is C23H20N4O2S. The average molecular weight is 417 g/mol. The largest absolute Gasteiger partial charge is 0.366 e. The molecule has 2 aromatic heterocycles. The van der Waals surface area contributed by atoms with E-state index in [1.807, 2.05) is 53.2 Å². The average Bonchev–Trinajstić information content (AvgIpc) is 3.15. The van der Waals surface area contributed by atoms with E-state index in [4.69, 9.17) is 5.73 Å². The van der Waals surface area contributed by atoms with Crippen molar-refractivity contribution in [2.75, 3.05) is 5.32 Å². The molecular weight excluding hydrogens is 396 g/mol. The first kappa shape index (κ1) is 19.7. The smallest absolute Gasteiger partial charge is 0.256 e. The molecule has 4 rings (SSSR count). The molecule has 0 fully saturated rings. The number of nitrogens with zero attached hydrogens (tertiary/aromatic N) is 2. The van der Waals surface area contributed by atoms with Crippen molar-refractivity contribution in [3.8, 4) is 0 Å². The first-order valence-corrected chi connectivity index (χ1v) is 10.4. The molecule has 0 aliphatic heterocycles. The fourth-order valence-corrected chi connectivity index (χ4v) is 4.14. The number of thioether (sulfide) groups is 1. The van der Waals surface area contributed by atoms with Gasteiger partial charge in [0, 0.05) is 34.3 Å². The monoisotopic (exact) mass is 416 g/mol. The SMILES string of the molecule is Cc1cc(NC(=O)c2ccccc2SCc2cn3ccccc3n2)ccc1C(N)=O. The van der Waals surface area contributed by atoms with E-state index in [9.17, 15) is 9.59 Å². The van der Waals surface area contributed by atoms with Gasteiger partial charge in [0.25, 0.3) is 5.91 Å². The van der Waals surface area contributed by atoms with Gasteiger partial charge in [-0.05, 0) is 55.0 Å². The number of nitrogens with one attached hydrogen (secondary N) is 1. The number of carbonyl (C=O) groups is 2. The third-order valence-corrected chi connectivity index (χ3v) is 5.78. The van der Waals surface area contributed by atoms with E-state index in [2.05, 4.69) is 10.3 Å². The molecule has 4 aromatic rings. The molecule has 0 spiro atoms. The van der Waals surface area contributed by atoms with Crippen LogP contribution in [0.25, 0.3) is 5.65 Å². The number of hydrogen-bond donors (Lipinski definition) is 2. The zero-order chi connectivity index (χ0) is 21.1. The highest BCUT2D eigenvalue weighted by Gasteiger charge is 2.14. The summed E-state index contributed by atoms with van der Waals surface area (Å²) >= 11 is 1.57. The molecule has 2 aromatic carbocycles. The Morgan fingerprint density at radius 3 is 2.63 bits per heavy atom. The second-order valence-corrected chi connectivity index (χ2v) is 7.85. The fourth-order valence-electron chi connectivity index (χ4n) is 3.20. The maximum atomic E-state index is 12.9. The number of nitrogens with two attached hydrogens (primary N) is 1. The zero-order valence-corrected chi connectivity index (χ0v) is 17.1. The van der Waals surface area contributed by atoms with Gasteiger partial charge < -0.3 is 15.5 Å². The van der Waals surface area contributed by atoms with Crippen LogP contribution in [-0.2, 0) is 5.75 Å². The van der Waals surface area contributed by atoms with E-state index in [1.54, 1.807) is 43.0 Å². The molecule has 2 amide bonds. The third-order valence-electron chi connectivity index (χ3n) is 4.67. The van der Waals surface area contributed by atoms with Crippen molar-refractivity contribution in [3.63, 3.8) is 0 Å². The Kier molecular flexibility index (Phi) is 5.54. The first-order valence-electron chi connectivity index (χ1n) is 9.37. The number of aryl methyl sites for hydroxylation is 1. The van der Waals surface area contributed by atoms with E-state index < -0.39 is 5.91 Å². The van der Waals surface area contributed by atoms with Crippen molar-refractivity contribution in [1.82, 2.24) is 9.38 Å². The lowest BCUT2D eigenvalue weighted by atomic mass is 10.1. The van der Waals surface area contributed by atoms with Crippen LogP contribution in [0.2, 0.25) is 0 Å². The molecule has 0 bridgehead atoms. The van der Waals surface area contributed by atoms with Gasteiger partial charge in [-0.25, -0.2) is 4.98 Å². The second kappa shape index (κ2) is 8.42. The molecule has 0 unspecified atom stereocenters. The Bertz CT molecular complexity index is 1220. The van der Waals surface area contributed by atoms with Crippen molar-refractivity contribution < 1.29 is 9.59 Å². The van der Waals surface area contributed by atoms with Crippen LogP contribution >= 0.6 is 11.8 Å². The number of fused-ring (bicyclic) bond motifs is 1. The summed E-state index contributed by atoms with van der Waals surface area (Å²) in [6.07, 6.45) is 3.96. The molecule has 0 aliphatic rings. The van der Waals surface area contributed by atoms with Crippen LogP contribution in [0.1, 0.15) is 32.0 Å². The van der Waals surface area contributed by atoms with E-state index in [0.29, 0.717) is 22.6 Å². The first-order chi connectivity index (χ1) is 14.5. The predicted molar refractivity (Wildman–Crippen MR) is 119 cm³/mol. The molecule has 0 saturated heterocycles. The topological polar surface area (TPSA) is 89.5 Å². The van der Waals surface area contributed by atoms with Crippen LogP contribution in [0.5, 0.6) is 0 Å². The standard InChI is InChI=1S/C23H20N4O2S/c1-15-12-16(9-10-18(15)22(24)28)26-23(29)19-6-2-3-7-20(19)30-14-17-13-27-11-5-4-8-21(27)25-17/h2-13H,14H2,1H3,(H2,24,28)(H,26,29). The van der Waals surface area contributed by atoms with Gasteiger partial charge in [0.15, 0.2) is 0 Å². The van der Waals surface area contributed by atoms with Crippen LogP contribution in [0, 0.1) is 6.92 Å². The minimum atomic E-state index is -0.487. The number of rotatable bonds is 6. The van der Waals surface area contributed by atoms with Gasteiger partial charge in [-0.15, -0.1) is 11.8 Å². The Morgan fingerprint density at radius 1 is 1.07 bits per heavy atom. The molecule has 30 heavy (non-hydrogen) atoms. The van der Waals surface area contributed by atoms with Crippen LogP contribution in [0.15, 0.2) is 78.0 Å². The van der Waals surface area contributed by atoms with Gasteiger partial charge in [0.2, 0.25) is 5.91 Å². The third kappa shape index (κ3) is 4.21. The molecule has 3 N–H and O–H groups in total. The molecule has 6 nitrogen and oxygen atoms in total. The number of imidazole rings is 1. The van der Waals surface area contributed by atoms with E-state index in [-0.39, 0.29) is 5.91 Å². The highest BCUT2D eigenvalue weighted by atomic mass is 32.2. The number of hydrogen-bond acceptors (Lipinski definition) is 4. The lowest BCUT2D eigenvalue weighted by Crippen LogP contribution is -2.15. The quantitative estimate of drug-likeness (QED) is 0.459. The zero-order valence-electron chi connectivity index (χ0n) is 16.3. The molecule has 0 aliphatic carbocycles. The van der Waals surface area contributed by atoms with Gasteiger partial charge >= 0.3 is 0 Å². The number of pyridine rings is 1. The van der Waals surface area contributed by atoms with Crippen LogP contribution in [0.4, 0.5) is 5.69 Å². The van der Waals surface area contributed by atoms with E-state index in [0.717, 1.165) is 21.8 Å². The highest BCUT2D eigenvalue weighted by molar-refractivity contribution is 7.98. The second-order valence-electron chi connectivity index (χ2n) is 6.83. The number of anilines is 1. The summed E-state index contributed by atoms with van der Waals surface area (Å²) in [5.41, 5.74) is 9.55. The Balaban J connectivity index is 1.50. The van der Waals surface area contributed by atoms with Crippen molar-refractivity contribution in [3.05, 3.63) is 95.4 Å². The normalized spacial score (nSPS) is 10.8. The van der Waals surface area contributed by atoms with Crippen molar-refractivity contribution >= 4 is 34.9 Å². The summed E-state index contributed by atoms with van der Waals surface area (Å²) in [7, 11) is 0. The summed E-state index contributed by atoms with van der Waals surface area (Å²) in [5.74, 6) is -0.0448. The number of aromatic nitrogens is 2. The van der Waals surface area contributed by atoms with Crippen molar-refractivity contribution in [2.24, 2.45) is 5.73 Å². The van der Waals surface area contributed by atoms with E-state index >= 15 is 0 Å². The minimum absolute atomic E-state index is 0.209. The summed E-state index contributed by atoms with van der Waals surface area (Å²) in [6.45, 7) is 1.79. The summed E-state index contributed by atoms with van der Waals surface area (Å²) in [6, 6.07) is 18.4. The summed E-state index contributed by atoms with van der Waals surface area (Å²) in [4.78, 5) is 29.8. The maximum Gasteiger partial charge on any atom is 0.256 e. The maximum absolute atomic E-state index is 12.9. The highest BCUT2D eigenvalue weighted by Crippen LogP contribution is 2.27. The number of amides is 2. The summed E-state index contributed by atoms with van der Waals surface area (Å²) in [5, 5.41) is 2.90. The Morgan fingerprint density at radius 2 is 1.87 bits per heavy atom. The molecule has 0 radical (unpaired) electrons. The molecule has 7 heteroatoms. The van der Waals surface area contributed by atoms with E-state index in [1.165, 1.54) is 0 Å². The van der Waals surface area contributed by atoms with Gasteiger partial charge in [-0.3, -0.25) is 9.59 Å². The van der Waals surface area contributed by atoms with Crippen LogP contribution in [0.3, 0.4) is 0 Å². The molecule has 2 heterocycles. The number of carbonyl (C=O) groups excluding carboxylic acids is 2. The molecule has 0 atom stereocenters. The molecule has 0 saturated carbocycles. The lowest BCUT2D eigenvalue weighted by Gasteiger charge is -2.11. The Labute approximate surface area is 178 Å². The predicted octanol–water partition coefficient (Wildman–Crippen LogP) is 4.29. The van der Waals surface area contributed by atoms with Crippen LogP contribution < -0.4 is 11.1 Å². The van der Waals surface area contributed by atoms with Crippen LogP contribution in [-0.4, -0.2) is 21.2 Å². The summed E-state index contributed by atoms with van der Waals surface area (Å²) < 4.78 is 1.98. The minimum Gasteiger partial charge on any atom is -0.366 e. The fraction of sp³-hybridized carbons (Fsp3) is 0.0870. The molecule has 150 valence electrons. The Hall–Kier alpha value is -3.58. The van der Waals surface area contributed by atoms with Gasteiger partial charge in [-0.2, -0.15) is 0 Å². The van der Waals surface area contributed by atoms with Gasteiger partial charge in [0.1, 0.15) is 5.65 Å². The lowest BCUT2D eigenvalue weighted by molar-refractivity contribution is 0.0997. The number of benzene rings is 2. The number of primary amides is 1. The van der Waals surface area contributed by atoms with Gasteiger partial charge in [-0.1, -0.05) is 18.2 Å². The van der Waals surface area contributed by atoms with Gasteiger partial charge in [0.05, 0.1) is 11.3 Å². The van der Waals surface area contributed by atoms with Crippen molar-refractivity contribution in [1.29, 1.82) is 0 Å².